The van der Waals surface area contributed by atoms with Gasteiger partial charge in [0.05, 0.1) is 40.2 Å². The minimum atomic E-state index is -1.17. The van der Waals surface area contributed by atoms with Gasteiger partial charge in [-0.15, -0.1) is 11.3 Å². The van der Waals surface area contributed by atoms with E-state index >= 15 is 0 Å². The first-order valence-electron chi connectivity index (χ1n) is 33.8. The average molecular weight is 975 g/mol. The summed E-state index contributed by atoms with van der Waals surface area (Å²) >= 11 is 2.75. The number of nitrogens with zero attached hydrogens (tertiary/aromatic N) is 3. The van der Waals surface area contributed by atoms with E-state index in [-0.39, 0.29) is 156 Å². The fourth-order valence-electron chi connectivity index (χ4n) is 13.0. The van der Waals surface area contributed by atoms with E-state index < -0.39 is 63.5 Å². The molecule has 2 fully saturated rings. The summed E-state index contributed by atoms with van der Waals surface area (Å²) in [5.41, 5.74) is -3.25. The van der Waals surface area contributed by atoms with Crippen LogP contribution >= 0.6 is 22.7 Å². The predicted molar refractivity (Wildman–Crippen MR) is 306 cm³/mol. The quantitative estimate of drug-likeness (QED) is 0.163. The normalized spacial score (nSPS) is 28.8. The zero-order valence-electron chi connectivity index (χ0n) is 59.9. The zero-order valence-corrected chi connectivity index (χ0v) is 44.5. The number of anilines is 8. The van der Waals surface area contributed by atoms with Crippen molar-refractivity contribution in [3.05, 3.63) is 135 Å². The summed E-state index contributed by atoms with van der Waals surface area (Å²) in [5, 5.41) is 0.204. The molecule has 5 heterocycles. The van der Waals surface area contributed by atoms with Gasteiger partial charge in [-0.25, -0.2) is 0 Å². The van der Waals surface area contributed by atoms with Gasteiger partial charge in [-0.3, -0.25) is 0 Å². The van der Waals surface area contributed by atoms with E-state index in [4.69, 9.17) is 1.37 Å². The number of fused-ring (bicyclic) bond motifs is 11. The van der Waals surface area contributed by atoms with Crippen molar-refractivity contribution < 1.29 is 23.3 Å². The highest BCUT2D eigenvalue weighted by molar-refractivity contribution is 7.39. The molecule has 0 radical (unpaired) electrons. The molecule has 0 N–H and O–H groups in total. The molecule has 2 saturated carbocycles. The van der Waals surface area contributed by atoms with E-state index in [0.717, 1.165) is 36.1 Å². The molecule has 7 aromatic rings. The Morgan fingerprint density at radius 1 is 0.529 bits per heavy atom. The Morgan fingerprint density at radius 2 is 1.06 bits per heavy atom. The van der Waals surface area contributed by atoms with E-state index in [1.54, 1.807) is 41.9 Å². The fraction of sp³-hybridized carbons (Fsp3) is 0.438. The molecule has 4 aliphatic carbocycles. The third-order valence-electron chi connectivity index (χ3n) is 17.5. The standard InChI is InChI=1S/C64H72BN3S2/c1-58(2,3)39-20-25-42(26-21-39)66-48-37-44(68-47-19-15-14-18-46(47)63(12)30-16-17-31-64(63,68)13)38-49-52(48)65(56-53(66)45-36-41(60(7,8)9)24-29-50(45)69-56)57-54(67(49)43-27-22-40(23-28-43)59(4,5)6)51-55(70-57)62(11)34-32-61(51,10)33-35-62/h14-15,18-29,36-38H,16-17,30-35H2,1-13H3/i14D,15D,18D,19D,20D,21D,22D,23D,24D,25D,26D,27D,28D,29D,36D,37D,38D. The molecule has 2 bridgehead atoms. The van der Waals surface area contributed by atoms with Gasteiger partial charge in [0.15, 0.2) is 0 Å². The lowest BCUT2D eigenvalue weighted by molar-refractivity contribution is 0.193. The smallest absolute Gasteiger partial charge is 0.277 e. The lowest BCUT2D eigenvalue weighted by Crippen LogP contribution is -2.60. The molecule has 70 heavy (non-hydrogen) atoms. The van der Waals surface area contributed by atoms with Crippen LogP contribution in [0, 0.1) is 0 Å². The first-order chi connectivity index (χ1) is 40.2. The van der Waals surface area contributed by atoms with Crippen LogP contribution in [0.25, 0.3) is 10.1 Å². The van der Waals surface area contributed by atoms with E-state index in [1.165, 1.54) is 16.2 Å². The van der Waals surface area contributed by atoms with Crippen LogP contribution in [0.4, 0.5) is 45.5 Å². The molecule has 2 aromatic heterocycles. The third kappa shape index (κ3) is 6.05. The van der Waals surface area contributed by atoms with E-state index in [2.05, 4.69) is 13.8 Å². The van der Waals surface area contributed by atoms with Gasteiger partial charge >= 0.3 is 0 Å². The van der Waals surface area contributed by atoms with Crippen molar-refractivity contribution in [2.45, 2.75) is 179 Å². The number of hydrogen-bond donors (Lipinski definition) is 0. The Morgan fingerprint density at radius 3 is 1.66 bits per heavy atom. The minimum Gasteiger partial charge on any atom is -0.334 e. The predicted octanol–water partition coefficient (Wildman–Crippen LogP) is 16.8. The molecule has 14 rings (SSSR count). The molecule has 0 spiro atoms. The van der Waals surface area contributed by atoms with Crippen LogP contribution in [-0.2, 0) is 32.5 Å². The van der Waals surface area contributed by atoms with Crippen LogP contribution < -0.4 is 29.7 Å². The maximum Gasteiger partial charge on any atom is 0.277 e. The Hall–Kier alpha value is -4.78. The summed E-state index contributed by atoms with van der Waals surface area (Å²) < 4.78 is 173. The van der Waals surface area contributed by atoms with Crippen molar-refractivity contribution in [1.29, 1.82) is 0 Å². The number of benzene rings is 5. The summed E-state index contributed by atoms with van der Waals surface area (Å²) in [6, 6.07) is -5.57. The first kappa shape index (κ1) is 30.3. The molecule has 3 aliphatic heterocycles. The van der Waals surface area contributed by atoms with Crippen molar-refractivity contribution >= 4 is 100.0 Å². The largest absolute Gasteiger partial charge is 0.334 e. The molecule has 2 atom stereocenters. The van der Waals surface area contributed by atoms with Gasteiger partial charge in [0.1, 0.15) is 0 Å². The van der Waals surface area contributed by atoms with Gasteiger partial charge in [0.2, 0.25) is 0 Å². The zero-order chi connectivity index (χ0) is 63.7. The lowest BCUT2D eigenvalue weighted by Gasteiger charge is -2.52. The summed E-state index contributed by atoms with van der Waals surface area (Å²) in [6.07, 6.45) is 5.53. The molecule has 358 valence electrons. The van der Waals surface area contributed by atoms with Gasteiger partial charge in [-0.05, 0) is 155 Å². The van der Waals surface area contributed by atoms with Crippen molar-refractivity contribution in [2.24, 2.45) is 0 Å². The molecule has 5 aromatic carbocycles. The van der Waals surface area contributed by atoms with Crippen molar-refractivity contribution in [1.82, 2.24) is 0 Å². The molecular formula is C64H72BN3S2. The summed E-state index contributed by atoms with van der Waals surface area (Å²) in [4.78, 5) is 6.08. The minimum absolute atomic E-state index is 0.0323. The molecule has 2 unspecified atom stereocenters. The molecular weight excluding hydrogens is 886 g/mol. The van der Waals surface area contributed by atoms with Crippen molar-refractivity contribution in [2.75, 3.05) is 14.7 Å². The van der Waals surface area contributed by atoms with Crippen molar-refractivity contribution in [3.63, 3.8) is 0 Å². The maximum absolute atomic E-state index is 11.4. The summed E-state index contributed by atoms with van der Waals surface area (Å²) in [6.45, 7) is 24.0. The average Bonchev–Trinajstić information content (AvgIpc) is 1.59. The Balaban J connectivity index is 1.33. The molecule has 0 saturated heterocycles. The summed E-state index contributed by atoms with van der Waals surface area (Å²) in [7, 11) is 0. The van der Waals surface area contributed by atoms with E-state index in [0.29, 0.717) is 46.5 Å². The number of thiophene rings is 2. The van der Waals surface area contributed by atoms with Crippen LogP contribution in [0.5, 0.6) is 0 Å². The van der Waals surface area contributed by atoms with Crippen LogP contribution in [0.1, 0.15) is 197 Å². The van der Waals surface area contributed by atoms with Crippen LogP contribution in [-0.4, -0.2) is 12.3 Å². The molecule has 0 amide bonds. The fourth-order valence-corrected chi connectivity index (χ4v) is 16.0. The van der Waals surface area contributed by atoms with Gasteiger partial charge in [0, 0.05) is 69.5 Å². The first-order valence-corrected chi connectivity index (χ1v) is 26.9. The topological polar surface area (TPSA) is 9.72 Å². The molecule has 3 nitrogen and oxygen atoms in total. The van der Waals surface area contributed by atoms with Crippen LogP contribution in [0.2, 0.25) is 0 Å². The van der Waals surface area contributed by atoms with Crippen molar-refractivity contribution in [3.8, 4) is 0 Å². The Kier molecular flexibility index (Phi) is 6.26. The Bertz CT molecular complexity index is 4270. The van der Waals surface area contributed by atoms with Gasteiger partial charge < -0.3 is 14.7 Å². The third-order valence-corrected chi connectivity index (χ3v) is 20.2. The summed E-state index contributed by atoms with van der Waals surface area (Å²) in [5.74, 6) is 0. The number of hydrogen-bond acceptors (Lipinski definition) is 5. The Labute approximate surface area is 451 Å². The van der Waals surface area contributed by atoms with Gasteiger partial charge in [-0.1, -0.05) is 144 Å². The monoisotopic (exact) mass is 975 g/mol. The number of para-hydroxylation sites is 1. The van der Waals surface area contributed by atoms with Gasteiger partial charge in [-0.2, -0.15) is 11.3 Å². The highest BCUT2D eigenvalue weighted by Crippen LogP contribution is 2.65. The lowest BCUT2D eigenvalue weighted by atomic mass is 9.38. The highest BCUT2D eigenvalue weighted by atomic mass is 32.1. The second-order valence-electron chi connectivity index (χ2n) is 25.3. The molecule has 7 aliphatic rings. The SMILES string of the molecule is [2H]c1c([2H])c([2H])c2c(c1[2H])N(c1c([2H])c3c4c(c1[2H])N(c1c([2H])c([2H])c(C(C)(C)C)c([2H])c1[2H])c1c(sc5c([2H])c([2H])c(C(C)(C)C)c([2H])c15)B4c1sc4c(c1N3c1c([2H])c([2H])c(C(C)(C)C)c([2H])c1[2H])C1(C)CCC4(C)CC1)C1(C)CCCCC21C. The highest BCUT2D eigenvalue weighted by Gasteiger charge is 2.59. The molecule has 6 heteroatoms. The second kappa shape index (κ2) is 14.5. The second-order valence-corrected chi connectivity index (χ2v) is 27.4. The maximum atomic E-state index is 11.4. The van der Waals surface area contributed by atoms with Gasteiger partial charge in [0.25, 0.3) is 6.71 Å². The van der Waals surface area contributed by atoms with Crippen LogP contribution in [0.15, 0.2) is 103 Å². The number of rotatable bonds is 3. The van der Waals surface area contributed by atoms with Crippen LogP contribution in [0.3, 0.4) is 0 Å². The van der Waals surface area contributed by atoms with E-state index in [9.17, 15) is 21.9 Å². The van der Waals surface area contributed by atoms with E-state index in [1.807, 2.05) is 55.4 Å².